The maximum Gasteiger partial charge on any atom is 0.240 e. The highest BCUT2D eigenvalue weighted by atomic mass is 32.2. The summed E-state index contributed by atoms with van der Waals surface area (Å²) in [6.07, 6.45) is -0.350. The average molecular weight is 335 g/mol. The molecule has 1 N–H and O–H groups in total. The molecule has 0 aromatic heterocycles. The van der Waals surface area contributed by atoms with Crippen LogP contribution in [0.15, 0.2) is 53.4 Å². The summed E-state index contributed by atoms with van der Waals surface area (Å²) in [5.74, 6) is 0.495. The molecule has 0 fully saturated rings. The van der Waals surface area contributed by atoms with E-state index in [0.29, 0.717) is 5.75 Å². The monoisotopic (exact) mass is 335 g/mol. The maximum atomic E-state index is 12.4. The first kappa shape index (κ1) is 17.5. The number of aryl methyl sites for hydroxylation is 1. The van der Waals surface area contributed by atoms with Gasteiger partial charge in [0.05, 0.1) is 18.1 Å². The van der Waals surface area contributed by atoms with Crippen LogP contribution in [0.3, 0.4) is 0 Å². The Kier molecular flexibility index (Phi) is 5.76. The van der Waals surface area contributed by atoms with E-state index in [1.165, 1.54) is 19.2 Å². The molecular formula is C17H21NO4S. The van der Waals surface area contributed by atoms with Crippen molar-refractivity contribution in [3.05, 3.63) is 59.7 Å². The van der Waals surface area contributed by atoms with Crippen molar-refractivity contribution in [2.24, 2.45) is 0 Å². The minimum absolute atomic E-state index is 0.154. The van der Waals surface area contributed by atoms with Crippen molar-refractivity contribution < 1.29 is 17.9 Å². The molecule has 23 heavy (non-hydrogen) atoms. The second kappa shape index (κ2) is 7.59. The van der Waals surface area contributed by atoms with Crippen LogP contribution in [-0.4, -0.2) is 29.2 Å². The van der Waals surface area contributed by atoms with Crippen molar-refractivity contribution in [3.8, 4) is 5.75 Å². The first-order chi connectivity index (χ1) is 11.0. The lowest BCUT2D eigenvalue weighted by Gasteiger charge is -2.18. The number of nitrogens with one attached hydrogen (secondary N) is 1. The fourth-order valence-electron chi connectivity index (χ4n) is 2.31. The Labute approximate surface area is 137 Å². The number of ether oxygens (including phenoxy) is 2. The van der Waals surface area contributed by atoms with Gasteiger partial charge in [-0.1, -0.05) is 30.3 Å². The predicted octanol–water partition coefficient (Wildman–Crippen LogP) is 2.67. The van der Waals surface area contributed by atoms with E-state index in [0.717, 1.165) is 11.1 Å². The number of rotatable bonds is 7. The van der Waals surface area contributed by atoms with Crippen molar-refractivity contribution in [2.75, 3.05) is 20.8 Å². The molecule has 0 saturated heterocycles. The highest BCUT2D eigenvalue weighted by Crippen LogP contribution is 2.21. The molecule has 2 aromatic carbocycles. The van der Waals surface area contributed by atoms with Gasteiger partial charge in [0.2, 0.25) is 10.0 Å². The molecule has 0 radical (unpaired) electrons. The molecule has 0 heterocycles. The van der Waals surface area contributed by atoms with Crippen molar-refractivity contribution in [1.29, 1.82) is 0 Å². The van der Waals surface area contributed by atoms with Gasteiger partial charge < -0.3 is 9.47 Å². The Morgan fingerprint density at radius 3 is 2.48 bits per heavy atom. The van der Waals surface area contributed by atoms with E-state index in [4.69, 9.17) is 9.47 Å². The van der Waals surface area contributed by atoms with Gasteiger partial charge in [-0.05, 0) is 30.2 Å². The molecule has 124 valence electrons. The van der Waals surface area contributed by atoms with E-state index in [9.17, 15) is 8.42 Å². The molecule has 2 aromatic rings. The fourth-order valence-corrected chi connectivity index (χ4v) is 3.37. The van der Waals surface area contributed by atoms with Gasteiger partial charge in [-0.15, -0.1) is 0 Å². The van der Waals surface area contributed by atoms with Crippen molar-refractivity contribution in [2.45, 2.75) is 17.9 Å². The lowest BCUT2D eigenvalue weighted by atomic mass is 10.0. The van der Waals surface area contributed by atoms with E-state index in [2.05, 4.69) is 4.72 Å². The second-order valence-corrected chi connectivity index (χ2v) is 6.88. The minimum atomic E-state index is -3.63. The summed E-state index contributed by atoms with van der Waals surface area (Å²) in [4.78, 5) is 0.163. The van der Waals surface area contributed by atoms with Crippen LogP contribution >= 0.6 is 0 Å². The second-order valence-electron chi connectivity index (χ2n) is 5.11. The Bertz CT molecular complexity index is 759. The molecule has 0 unspecified atom stereocenters. The minimum Gasteiger partial charge on any atom is -0.497 e. The number of methoxy groups -OCH3 is 2. The van der Waals surface area contributed by atoms with Gasteiger partial charge in [-0.25, -0.2) is 13.1 Å². The third-order valence-electron chi connectivity index (χ3n) is 3.63. The van der Waals surface area contributed by atoms with Crippen LogP contribution in [0.2, 0.25) is 0 Å². The Morgan fingerprint density at radius 1 is 1.09 bits per heavy atom. The Hall–Kier alpha value is -1.89. The van der Waals surface area contributed by atoms with Crippen molar-refractivity contribution in [1.82, 2.24) is 4.72 Å². The maximum absolute atomic E-state index is 12.4. The zero-order valence-electron chi connectivity index (χ0n) is 13.4. The highest BCUT2D eigenvalue weighted by Gasteiger charge is 2.19. The number of hydrogen-bond donors (Lipinski definition) is 1. The standard InChI is InChI=1S/C17H21NO4S/c1-13-7-4-5-10-16(13)17(22-3)12-18-23(19,20)15-9-6-8-14(11-15)21-2/h4-11,17-18H,12H2,1-3H3/t17-/m1/s1. The molecule has 1 atom stereocenters. The lowest BCUT2D eigenvalue weighted by molar-refractivity contribution is 0.107. The Balaban J connectivity index is 2.15. The summed E-state index contributed by atoms with van der Waals surface area (Å²) in [5, 5.41) is 0. The number of hydrogen-bond acceptors (Lipinski definition) is 4. The molecule has 0 aliphatic carbocycles. The molecule has 5 nitrogen and oxygen atoms in total. The third-order valence-corrected chi connectivity index (χ3v) is 5.05. The molecule has 0 amide bonds. The summed E-state index contributed by atoms with van der Waals surface area (Å²) in [6.45, 7) is 2.12. The van der Waals surface area contributed by atoms with Crippen molar-refractivity contribution >= 4 is 10.0 Å². The first-order valence-corrected chi connectivity index (χ1v) is 8.68. The van der Waals surface area contributed by atoms with Gasteiger partial charge in [0.25, 0.3) is 0 Å². The molecule has 0 spiro atoms. The van der Waals surface area contributed by atoms with E-state index >= 15 is 0 Å². The summed E-state index contributed by atoms with van der Waals surface area (Å²) in [7, 11) is -0.564. The fraction of sp³-hybridized carbons (Fsp3) is 0.294. The van der Waals surface area contributed by atoms with Gasteiger partial charge in [0.15, 0.2) is 0 Å². The van der Waals surface area contributed by atoms with E-state index in [1.807, 2.05) is 31.2 Å². The normalized spacial score (nSPS) is 12.8. The lowest BCUT2D eigenvalue weighted by Crippen LogP contribution is -2.29. The summed E-state index contributed by atoms with van der Waals surface area (Å²) in [5.41, 5.74) is 2.02. The topological polar surface area (TPSA) is 64.6 Å². The van der Waals surface area contributed by atoms with Crippen LogP contribution in [0.4, 0.5) is 0 Å². The van der Waals surface area contributed by atoms with Gasteiger partial charge >= 0.3 is 0 Å². The van der Waals surface area contributed by atoms with E-state index in [-0.39, 0.29) is 17.5 Å². The molecule has 0 bridgehead atoms. The summed E-state index contributed by atoms with van der Waals surface area (Å²) >= 11 is 0. The smallest absolute Gasteiger partial charge is 0.240 e. The van der Waals surface area contributed by atoms with Crippen molar-refractivity contribution in [3.63, 3.8) is 0 Å². The molecular weight excluding hydrogens is 314 g/mol. The SMILES string of the molecule is COc1cccc(S(=O)(=O)NC[C@@H](OC)c2ccccc2C)c1. The van der Waals surface area contributed by atoms with Crippen LogP contribution in [0.25, 0.3) is 0 Å². The first-order valence-electron chi connectivity index (χ1n) is 7.20. The summed E-state index contributed by atoms with van der Waals surface area (Å²) < 4.78 is 37.9. The van der Waals surface area contributed by atoms with E-state index < -0.39 is 10.0 Å². The van der Waals surface area contributed by atoms with Crippen LogP contribution in [0.1, 0.15) is 17.2 Å². The Morgan fingerprint density at radius 2 is 1.83 bits per heavy atom. The van der Waals surface area contributed by atoms with Gasteiger partial charge in [-0.2, -0.15) is 0 Å². The predicted molar refractivity (Wildman–Crippen MR) is 89.1 cm³/mol. The number of sulfonamides is 1. The highest BCUT2D eigenvalue weighted by molar-refractivity contribution is 7.89. The van der Waals surface area contributed by atoms with Gasteiger partial charge in [-0.3, -0.25) is 0 Å². The third kappa shape index (κ3) is 4.31. The quantitative estimate of drug-likeness (QED) is 0.845. The largest absolute Gasteiger partial charge is 0.497 e. The summed E-state index contributed by atoms with van der Waals surface area (Å²) in [6, 6.07) is 14.1. The van der Waals surface area contributed by atoms with Crippen LogP contribution < -0.4 is 9.46 Å². The molecule has 0 aliphatic rings. The van der Waals surface area contributed by atoms with Gasteiger partial charge in [0, 0.05) is 19.7 Å². The zero-order valence-corrected chi connectivity index (χ0v) is 14.3. The van der Waals surface area contributed by atoms with Crippen LogP contribution in [0, 0.1) is 6.92 Å². The van der Waals surface area contributed by atoms with Gasteiger partial charge in [0.1, 0.15) is 5.75 Å². The average Bonchev–Trinajstić information content (AvgIpc) is 2.57. The zero-order chi connectivity index (χ0) is 16.9. The van der Waals surface area contributed by atoms with Crippen LogP contribution in [0.5, 0.6) is 5.75 Å². The molecule has 2 rings (SSSR count). The number of benzene rings is 2. The van der Waals surface area contributed by atoms with Crippen LogP contribution in [-0.2, 0) is 14.8 Å². The molecule has 0 saturated carbocycles. The molecule has 0 aliphatic heterocycles. The van der Waals surface area contributed by atoms with E-state index in [1.54, 1.807) is 19.2 Å². The molecule has 6 heteroatoms.